The summed E-state index contributed by atoms with van der Waals surface area (Å²) in [7, 11) is 0. The normalized spacial score (nSPS) is 13.0. The number of fused-ring (bicyclic) bond motifs is 9. The zero-order valence-corrected chi connectivity index (χ0v) is 42.3. The molecule has 4 heterocycles. The summed E-state index contributed by atoms with van der Waals surface area (Å²) in [6.07, 6.45) is 0. The van der Waals surface area contributed by atoms with Gasteiger partial charge in [-0.3, -0.25) is 0 Å². The number of rotatable bonds is 7. The van der Waals surface area contributed by atoms with Crippen LogP contribution in [-0.2, 0) is 30.2 Å². The Hall–Kier alpha value is -7.47. The van der Waals surface area contributed by atoms with Crippen LogP contribution < -0.4 is 19.8 Å². The van der Waals surface area contributed by atoms with Crippen molar-refractivity contribution >= 4 is 46.4 Å². The van der Waals surface area contributed by atoms with Gasteiger partial charge in [-0.25, -0.2) is 0 Å². The van der Waals surface area contributed by atoms with Crippen LogP contribution in [0.4, 0.5) is 22.9 Å². The van der Waals surface area contributed by atoms with Crippen LogP contribution in [-0.4, -0.2) is 21.1 Å². The molecule has 344 valence electrons. The Morgan fingerprint density at radius 2 is 1.14 bits per heavy atom. The maximum atomic E-state index is 6.73. The quantitative estimate of drug-likeness (QED) is 0.118. The summed E-state index contributed by atoms with van der Waals surface area (Å²) in [5, 5.41) is 0. The van der Waals surface area contributed by atoms with Crippen molar-refractivity contribution in [1.29, 1.82) is 0 Å². The van der Waals surface area contributed by atoms with Crippen molar-refractivity contribution in [2.24, 2.45) is 0 Å². The summed E-state index contributed by atoms with van der Waals surface area (Å²) in [5.41, 5.74) is 18.2. The average Bonchev–Trinajstić information content (AvgIpc) is 3.88. The van der Waals surface area contributed by atoms with Gasteiger partial charge >= 0.3 is 341 Å². The van der Waals surface area contributed by atoms with Gasteiger partial charge in [0.2, 0.25) is 0 Å². The van der Waals surface area contributed by atoms with Crippen LogP contribution in [0.1, 0.15) is 52.7 Å². The number of hydrogen-bond donors (Lipinski definition) is 0. The number of hydrogen-bond acceptors (Lipinski definition) is 4. The molecule has 70 heavy (non-hydrogen) atoms. The third-order valence-corrected chi connectivity index (χ3v) is 14.7. The van der Waals surface area contributed by atoms with E-state index in [0.717, 1.165) is 60.2 Å². The number of nitrogens with zero attached hydrogens (tertiary/aromatic N) is 5. The molecule has 8 heteroatoms. The summed E-state index contributed by atoms with van der Waals surface area (Å²) < 4.78 is 12.4. The van der Waals surface area contributed by atoms with Gasteiger partial charge in [-0.2, -0.15) is 12.1 Å². The number of aromatic nitrogens is 3. The second kappa shape index (κ2) is 16.9. The molecule has 10 aromatic rings. The molecule has 0 aliphatic carbocycles. The van der Waals surface area contributed by atoms with Crippen molar-refractivity contribution in [2.45, 2.75) is 52.4 Å². The second-order valence-corrected chi connectivity index (χ2v) is 21.2. The Labute approximate surface area is 421 Å². The van der Waals surface area contributed by atoms with Crippen LogP contribution in [0.15, 0.2) is 194 Å². The molecule has 0 amide bonds. The minimum atomic E-state index is -0.163. The van der Waals surface area contributed by atoms with E-state index in [1.807, 2.05) is 30.3 Å². The maximum absolute atomic E-state index is 6.73. The topological polar surface area (TPSA) is 38.5 Å². The van der Waals surface area contributed by atoms with Gasteiger partial charge < -0.3 is 0 Å². The van der Waals surface area contributed by atoms with E-state index in [4.69, 9.17) is 9.72 Å². The van der Waals surface area contributed by atoms with Crippen LogP contribution in [0.3, 0.4) is 0 Å². The van der Waals surface area contributed by atoms with E-state index < -0.39 is 0 Å². The van der Waals surface area contributed by atoms with Crippen molar-refractivity contribution in [3.8, 4) is 56.4 Å². The van der Waals surface area contributed by atoms with E-state index in [9.17, 15) is 0 Å². The minimum absolute atomic E-state index is 0.0430. The average molecular weight is 1090 g/mol. The van der Waals surface area contributed by atoms with E-state index in [1.165, 1.54) is 38.8 Å². The Bertz CT molecular complexity index is 3700. The van der Waals surface area contributed by atoms with Crippen LogP contribution in [0.5, 0.6) is 11.6 Å². The zero-order chi connectivity index (χ0) is 47.9. The summed E-state index contributed by atoms with van der Waals surface area (Å²) >= 11 is 2.51. The van der Waals surface area contributed by atoms with E-state index in [0.29, 0.717) is 11.6 Å². The SMILES string of the molecule is CC(C)(C)c1cc(-c2cccc(-c3ccccc3)c2-n2[c](=[Pt])n(-c3[c-]c(Oc4cccc(N5B6c7ccccc7-c7ccccc7N6c6ccc[c-]c65)n4)ccc3)c3ccccc32)cc(C(C)(C)C)c1. The molecule has 0 saturated heterocycles. The van der Waals surface area contributed by atoms with Crippen molar-refractivity contribution in [3.63, 3.8) is 0 Å². The Balaban J connectivity index is 0.970. The molecule has 0 fully saturated rings. The Kier molecular flexibility index (Phi) is 10.6. The van der Waals surface area contributed by atoms with Gasteiger partial charge in [-0.05, 0) is 11.6 Å². The van der Waals surface area contributed by atoms with Gasteiger partial charge in [0.15, 0.2) is 0 Å². The molecule has 0 atom stereocenters. The molecule has 0 unspecified atom stereocenters. The van der Waals surface area contributed by atoms with Gasteiger partial charge in [0.1, 0.15) is 0 Å². The van der Waals surface area contributed by atoms with Gasteiger partial charge in [0.25, 0.3) is 0 Å². The first-order valence-electron chi connectivity index (χ1n) is 23.9. The molecule has 12 rings (SSSR count). The fourth-order valence-corrected chi connectivity index (χ4v) is 11.3. The van der Waals surface area contributed by atoms with Crippen molar-refractivity contribution < 1.29 is 24.1 Å². The van der Waals surface area contributed by atoms with Gasteiger partial charge in [-0.15, -0.1) is 6.07 Å². The fraction of sp³-hybridized carbons (Fsp3) is 0.129. The van der Waals surface area contributed by atoms with Crippen molar-refractivity contribution in [3.05, 3.63) is 221 Å². The zero-order valence-electron chi connectivity index (χ0n) is 40.0. The molecule has 2 aliphatic rings. The molecule has 0 radical (unpaired) electrons. The fourth-order valence-electron chi connectivity index (χ4n) is 10.2. The number of ether oxygens (including phenoxy) is 1. The van der Waals surface area contributed by atoms with E-state index >= 15 is 0 Å². The molecule has 0 saturated carbocycles. The molecule has 0 N–H and O–H groups in total. The molecule has 0 bridgehead atoms. The predicted octanol–water partition coefficient (Wildman–Crippen LogP) is 14.9. The molecule has 6 nitrogen and oxygen atoms in total. The van der Waals surface area contributed by atoms with Crippen LogP contribution in [0.25, 0.3) is 55.8 Å². The number of pyridine rings is 1. The van der Waals surface area contributed by atoms with Crippen LogP contribution in [0, 0.1) is 15.9 Å². The second-order valence-electron chi connectivity index (χ2n) is 20.2. The molecular weight excluding hydrogens is 1040 g/mol. The van der Waals surface area contributed by atoms with E-state index in [1.54, 1.807) is 0 Å². The molecule has 2 aliphatic heterocycles. The number of para-hydroxylation sites is 5. The van der Waals surface area contributed by atoms with Crippen LogP contribution in [0.2, 0.25) is 0 Å². The Morgan fingerprint density at radius 3 is 1.90 bits per heavy atom. The van der Waals surface area contributed by atoms with Crippen molar-refractivity contribution in [2.75, 3.05) is 9.62 Å². The summed E-state index contributed by atoms with van der Waals surface area (Å²) in [6, 6.07) is 76.3. The third kappa shape index (κ3) is 7.38. The molecular formula is C62H50BN5OPt-2. The van der Waals surface area contributed by atoms with Crippen LogP contribution >= 0.6 is 0 Å². The van der Waals surface area contributed by atoms with E-state index in [-0.39, 0.29) is 17.8 Å². The number of anilines is 4. The summed E-state index contributed by atoms with van der Waals surface area (Å²) in [6.45, 7) is 13.7. The number of benzene rings is 8. The van der Waals surface area contributed by atoms with Crippen molar-refractivity contribution in [1.82, 2.24) is 14.1 Å². The Morgan fingerprint density at radius 1 is 0.529 bits per heavy atom. The summed E-state index contributed by atoms with van der Waals surface area (Å²) in [4.78, 5) is 9.93. The predicted molar refractivity (Wildman–Crippen MR) is 284 cm³/mol. The summed E-state index contributed by atoms with van der Waals surface area (Å²) in [5.74, 6) is 1.80. The first kappa shape index (κ1) is 43.8. The molecule has 8 aromatic carbocycles. The molecule has 2 aromatic heterocycles. The third-order valence-electron chi connectivity index (χ3n) is 13.7. The molecule has 0 spiro atoms. The monoisotopic (exact) mass is 1090 g/mol. The standard InChI is InChI=1S/C62H50BN5O.Pt/c1-61(2,3)44-37-43(38-45(39-44)62(4,5)6)49-28-19-27-48(42-21-8-7-9-22-42)60(49)66-41-65(54-31-14-15-32-55(54)66)46-23-18-24-47(40-46)69-59-36-20-35-58(64-59)68-57-34-17-16-33-56(57)67-53-30-13-11-26-51(53)50-25-10-12-29-52(50)63(67)68;/h7-33,35-39H,1-6H3;/q-2;. The first-order valence-corrected chi connectivity index (χ1v) is 25.0. The van der Waals surface area contributed by atoms with Gasteiger partial charge in [-0.1, -0.05) is 42.5 Å². The van der Waals surface area contributed by atoms with E-state index in [2.05, 4.69) is 256 Å². The van der Waals surface area contributed by atoms with Gasteiger partial charge in [0, 0.05) is 11.3 Å². The first-order chi connectivity index (χ1) is 33.9. The van der Waals surface area contributed by atoms with Gasteiger partial charge in [0.05, 0.1) is 0 Å². The number of imidazole rings is 1.